The summed E-state index contributed by atoms with van der Waals surface area (Å²) in [4.78, 5) is 18.3. The molecule has 0 aliphatic carbocycles. The second kappa shape index (κ2) is 3.61. The van der Waals surface area contributed by atoms with Gasteiger partial charge in [-0.25, -0.2) is 9.78 Å². The Bertz CT molecular complexity index is 487. The summed E-state index contributed by atoms with van der Waals surface area (Å²) in [6.07, 6.45) is 1.13. The number of esters is 1. The Labute approximate surface area is 99.8 Å². The molecule has 2 aliphatic heterocycles. The van der Waals surface area contributed by atoms with Crippen LogP contribution >= 0.6 is 0 Å². The zero-order valence-electron chi connectivity index (χ0n) is 9.99. The molecule has 0 spiro atoms. The van der Waals surface area contributed by atoms with Crippen molar-refractivity contribution in [3.8, 4) is 0 Å². The Hall–Kier alpha value is -1.78. The van der Waals surface area contributed by atoms with Gasteiger partial charge in [0.2, 0.25) is 0 Å². The van der Waals surface area contributed by atoms with Crippen LogP contribution in [0.4, 0.5) is 11.5 Å². The fraction of sp³-hybridized carbons (Fsp3) is 0.500. The molecule has 3 heterocycles. The Morgan fingerprint density at radius 3 is 3.24 bits per heavy atom. The first-order chi connectivity index (χ1) is 8.19. The Balaban J connectivity index is 2.07. The fourth-order valence-electron chi connectivity index (χ4n) is 2.54. The van der Waals surface area contributed by atoms with E-state index >= 15 is 0 Å². The van der Waals surface area contributed by atoms with Crippen molar-refractivity contribution >= 4 is 17.5 Å². The van der Waals surface area contributed by atoms with Crippen molar-refractivity contribution in [2.24, 2.45) is 0 Å². The van der Waals surface area contributed by atoms with E-state index in [2.05, 4.69) is 15.2 Å². The van der Waals surface area contributed by atoms with Gasteiger partial charge < -0.3 is 15.0 Å². The molecular weight excluding hydrogens is 218 g/mol. The van der Waals surface area contributed by atoms with Crippen LogP contribution in [0.3, 0.4) is 0 Å². The lowest BCUT2D eigenvalue weighted by Crippen LogP contribution is -2.33. The molecule has 0 unspecified atom stereocenters. The van der Waals surface area contributed by atoms with E-state index in [4.69, 9.17) is 4.74 Å². The van der Waals surface area contributed by atoms with Crippen molar-refractivity contribution in [2.45, 2.75) is 19.4 Å². The SMILES string of the molecule is COC(=O)c1nc2c(cc1C)N1CC[C@@H](C1)N2. The molecule has 0 saturated carbocycles. The lowest BCUT2D eigenvalue weighted by molar-refractivity contribution is 0.0593. The molecule has 5 heteroatoms. The number of hydrogen-bond donors (Lipinski definition) is 1. The summed E-state index contributed by atoms with van der Waals surface area (Å²) in [5, 5.41) is 3.37. The normalized spacial score (nSPS) is 20.8. The molecule has 0 amide bonds. The average Bonchev–Trinajstić information content (AvgIpc) is 2.72. The molecule has 1 aromatic rings. The fourth-order valence-corrected chi connectivity index (χ4v) is 2.54. The Morgan fingerprint density at radius 2 is 2.47 bits per heavy atom. The predicted molar refractivity (Wildman–Crippen MR) is 64.6 cm³/mol. The average molecular weight is 233 g/mol. The van der Waals surface area contributed by atoms with Gasteiger partial charge in [-0.05, 0) is 25.0 Å². The number of carbonyl (C=O) groups is 1. The van der Waals surface area contributed by atoms with Gasteiger partial charge in [0, 0.05) is 19.1 Å². The summed E-state index contributed by atoms with van der Waals surface area (Å²) in [5.74, 6) is 0.435. The second-order valence-corrected chi connectivity index (χ2v) is 4.59. The van der Waals surface area contributed by atoms with Gasteiger partial charge in [0.25, 0.3) is 0 Å². The van der Waals surface area contributed by atoms with Crippen LogP contribution in [0.1, 0.15) is 22.5 Å². The van der Waals surface area contributed by atoms with Gasteiger partial charge in [-0.3, -0.25) is 0 Å². The molecule has 5 nitrogen and oxygen atoms in total. The molecule has 1 atom stereocenters. The molecule has 2 bridgehead atoms. The van der Waals surface area contributed by atoms with Crippen LogP contribution < -0.4 is 10.2 Å². The number of nitrogens with zero attached hydrogens (tertiary/aromatic N) is 2. The van der Waals surface area contributed by atoms with Crippen LogP contribution in [-0.4, -0.2) is 37.2 Å². The number of nitrogens with one attached hydrogen (secondary N) is 1. The minimum atomic E-state index is -0.375. The van der Waals surface area contributed by atoms with Crippen LogP contribution in [0.25, 0.3) is 0 Å². The maximum atomic E-state index is 11.6. The van der Waals surface area contributed by atoms with Crippen molar-refractivity contribution < 1.29 is 9.53 Å². The van der Waals surface area contributed by atoms with Gasteiger partial charge in [0.1, 0.15) is 0 Å². The van der Waals surface area contributed by atoms with E-state index in [-0.39, 0.29) is 5.97 Å². The molecule has 3 rings (SSSR count). The van der Waals surface area contributed by atoms with Gasteiger partial charge >= 0.3 is 5.97 Å². The van der Waals surface area contributed by atoms with Crippen LogP contribution in [0.15, 0.2) is 6.07 Å². The monoisotopic (exact) mass is 233 g/mol. The number of aromatic nitrogens is 1. The maximum Gasteiger partial charge on any atom is 0.357 e. The first-order valence-corrected chi connectivity index (χ1v) is 5.80. The molecule has 1 N–H and O–H groups in total. The quantitative estimate of drug-likeness (QED) is 0.738. The highest BCUT2D eigenvalue weighted by molar-refractivity contribution is 5.91. The Kier molecular flexibility index (Phi) is 2.21. The van der Waals surface area contributed by atoms with Crippen molar-refractivity contribution in [3.05, 3.63) is 17.3 Å². The van der Waals surface area contributed by atoms with E-state index in [1.54, 1.807) is 0 Å². The highest BCUT2D eigenvalue weighted by Crippen LogP contribution is 2.35. The molecule has 0 radical (unpaired) electrons. The number of methoxy groups -OCH3 is 1. The maximum absolute atomic E-state index is 11.6. The van der Waals surface area contributed by atoms with Gasteiger partial charge in [-0.2, -0.15) is 0 Å². The molecule has 17 heavy (non-hydrogen) atoms. The summed E-state index contributed by atoms with van der Waals surface area (Å²) < 4.78 is 4.73. The van der Waals surface area contributed by atoms with Crippen LogP contribution in [0.2, 0.25) is 0 Å². The van der Waals surface area contributed by atoms with E-state index in [0.717, 1.165) is 36.6 Å². The summed E-state index contributed by atoms with van der Waals surface area (Å²) in [7, 11) is 1.38. The second-order valence-electron chi connectivity index (χ2n) is 4.59. The van der Waals surface area contributed by atoms with E-state index in [0.29, 0.717) is 11.7 Å². The number of rotatable bonds is 1. The molecule has 2 aliphatic rings. The van der Waals surface area contributed by atoms with E-state index in [1.807, 2.05) is 13.0 Å². The van der Waals surface area contributed by atoms with Crippen LogP contribution in [0.5, 0.6) is 0 Å². The van der Waals surface area contributed by atoms with Gasteiger partial charge in [-0.15, -0.1) is 0 Å². The standard InChI is InChI=1S/C12H15N3O2/c1-7-5-9-11(14-10(7)12(16)17-2)13-8-3-4-15(9)6-8/h5,8H,3-4,6H2,1-2H3,(H,13,14)/t8-/m0/s1. The molecule has 0 aromatic carbocycles. The number of aryl methyl sites for hydroxylation is 1. The predicted octanol–water partition coefficient (Wildman–Crippen LogP) is 1.18. The molecular formula is C12H15N3O2. The minimum Gasteiger partial charge on any atom is -0.464 e. The number of pyridine rings is 1. The lowest BCUT2D eigenvalue weighted by atomic mass is 10.1. The highest BCUT2D eigenvalue weighted by Gasteiger charge is 2.31. The van der Waals surface area contributed by atoms with Crippen LogP contribution in [-0.2, 0) is 4.74 Å². The van der Waals surface area contributed by atoms with Crippen molar-refractivity contribution in [1.29, 1.82) is 0 Å². The third kappa shape index (κ3) is 1.53. The number of ether oxygens (including phenoxy) is 1. The third-order valence-electron chi connectivity index (χ3n) is 3.44. The van der Waals surface area contributed by atoms with Crippen molar-refractivity contribution in [1.82, 2.24) is 4.98 Å². The number of fused-ring (bicyclic) bond motifs is 4. The smallest absolute Gasteiger partial charge is 0.357 e. The summed E-state index contributed by atoms with van der Waals surface area (Å²) in [6, 6.07) is 2.48. The summed E-state index contributed by atoms with van der Waals surface area (Å²) in [5.41, 5.74) is 2.37. The summed E-state index contributed by atoms with van der Waals surface area (Å²) >= 11 is 0. The topological polar surface area (TPSA) is 54.5 Å². The minimum absolute atomic E-state index is 0.375. The van der Waals surface area contributed by atoms with Crippen molar-refractivity contribution in [3.63, 3.8) is 0 Å². The third-order valence-corrected chi connectivity index (χ3v) is 3.44. The van der Waals surface area contributed by atoms with Gasteiger partial charge in [-0.1, -0.05) is 0 Å². The molecule has 90 valence electrons. The zero-order valence-corrected chi connectivity index (χ0v) is 9.99. The molecule has 1 saturated heterocycles. The first-order valence-electron chi connectivity index (χ1n) is 5.80. The summed E-state index contributed by atoms with van der Waals surface area (Å²) in [6.45, 7) is 3.98. The van der Waals surface area contributed by atoms with Gasteiger partial charge in [0.15, 0.2) is 11.5 Å². The van der Waals surface area contributed by atoms with Crippen molar-refractivity contribution in [2.75, 3.05) is 30.4 Å². The molecule has 1 aromatic heterocycles. The molecule has 1 fully saturated rings. The number of carbonyl (C=O) groups excluding carboxylic acids is 1. The number of hydrogen-bond acceptors (Lipinski definition) is 5. The van der Waals surface area contributed by atoms with E-state index in [1.165, 1.54) is 7.11 Å². The zero-order chi connectivity index (χ0) is 12.0. The largest absolute Gasteiger partial charge is 0.464 e. The first kappa shape index (κ1) is 10.4. The number of anilines is 2. The van der Waals surface area contributed by atoms with Crippen LogP contribution in [0, 0.1) is 6.92 Å². The van der Waals surface area contributed by atoms with E-state index < -0.39 is 0 Å². The van der Waals surface area contributed by atoms with Gasteiger partial charge in [0.05, 0.1) is 12.8 Å². The highest BCUT2D eigenvalue weighted by atomic mass is 16.5. The lowest BCUT2D eigenvalue weighted by Gasteiger charge is -2.28. The Morgan fingerprint density at radius 1 is 1.65 bits per heavy atom. The van der Waals surface area contributed by atoms with E-state index in [9.17, 15) is 4.79 Å².